The van der Waals surface area contributed by atoms with Crippen LogP contribution in [0.5, 0.6) is 0 Å². The van der Waals surface area contributed by atoms with E-state index in [4.69, 9.17) is 11.6 Å². The second kappa shape index (κ2) is 2.74. The molecule has 1 rings (SSSR count). The summed E-state index contributed by atoms with van der Waals surface area (Å²) < 4.78 is 35.9. The number of halogens is 4. The minimum Gasteiger partial charge on any atom is -0.166 e. The molecule has 0 aliphatic heterocycles. The van der Waals surface area contributed by atoms with Crippen molar-refractivity contribution in [2.24, 2.45) is 0 Å². The summed E-state index contributed by atoms with van der Waals surface area (Å²) in [6, 6.07) is 5.60. The molecule has 0 unspecified atom stereocenters. The number of hydrogen-bond donors (Lipinski definition) is 0. The van der Waals surface area contributed by atoms with Gasteiger partial charge >= 0.3 is 6.18 Å². The fourth-order valence-corrected chi connectivity index (χ4v) is 0.873. The van der Waals surface area contributed by atoms with Crippen LogP contribution in [-0.4, -0.2) is 0 Å². The third-order valence-electron chi connectivity index (χ3n) is 1.12. The number of rotatable bonds is 0. The molecule has 1 radical (unpaired) electrons. The lowest BCUT2D eigenvalue weighted by molar-refractivity contribution is -0.137. The van der Waals surface area contributed by atoms with E-state index in [0.29, 0.717) is 0 Å². The van der Waals surface area contributed by atoms with E-state index in [1.165, 1.54) is 6.07 Å². The van der Waals surface area contributed by atoms with E-state index in [1.807, 2.05) is 0 Å². The quantitative estimate of drug-likeness (QED) is 0.574. The van der Waals surface area contributed by atoms with Crippen molar-refractivity contribution < 1.29 is 13.2 Å². The molecule has 0 nitrogen and oxygen atoms in total. The summed E-state index contributed by atoms with van der Waals surface area (Å²) >= 11 is 5.26. The van der Waals surface area contributed by atoms with Gasteiger partial charge in [0.25, 0.3) is 0 Å². The van der Waals surface area contributed by atoms with Gasteiger partial charge in [0.1, 0.15) is 0 Å². The molecule has 0 spiro atoms. The van der Waals surface area contributed by atoms with Gasteiger partial charge in [-0.25, -0.2) is 0 Å². The summed E-state index contributed by atoms with van der Waals surface area (Å²) in [5.74, 6) is 0. The van der Waals surface area contributed by atoms with Gasteiger partial charge in [-0.1, -0.05) is 17.7 Å². The third kappa shape index (κ3) is 1.87. The largest absolute Gasteiger partial charge is 0.417 e. The van der Waals surface area contributed by atoms with Crippen LogP contribution in [0.1, 0.15) is 5.56 Å². The molecule has 0 saturated heterocycles. The average molecular weight is 180 g/mol. The lowest BCUT2D eigenvalue weighted by atomic mass is 10.2. The predicted octanol–water partition coefficient (Wildman–Crippen LogP) is 3.16. The van der Waals surface area contributed by atoms with Gasteiger partial charge in [0.05, 0.1) is 10.6 Å². The molecule has 1 aromatic rings. The second-order valence-electron chi connectivity index (χ2n) is 1.90. The first-order chi connectivity index (χ1) is 5.02. The molecule has 4 heteroatoms. The summed E-state index contributed by atoms with van der Waals surface area (Å²) in [4.78, 5) is 0. The Bertz CT molecular complexity index is 254. The Morgan fingerprint density at radius 2 is 2.00 bits per heavy atom. The number of alkyl halides is 3. The highest BCUT2D eigenvalue weighted by atomic mass is 35.5. The van der Waals surface area contributed by atoms with Crippen LogP contribution in [0.4, 0.5) is 13.2 Å². The molecule has 11 heavy (non-hydrogen) atoms. The normalized spacial score (nSPS) is 11.6. The van der Waals surface area contributed by atoms with Crippen molar-refractivity contribution in [3.05, 3.63) is 34.9 Å². The average Bonchev–Trinajstić information content (AvgIpc) is 1.86. The summed E-state index contributed by atoms with van der Waals surface area (Å²) in [7, 11) is 0. The molecule has 0 amide bonds. The van der Waals surface area contributed by atoms with Crippen LogP contribution in [0.15, 0.2) is 18.2 Å². The molecule has 0 aliphatic carbocycles. The molecular formula is C7H3ClF3. The fraction of sp³-hybridized carbons (Fsp3) is 0.143. The standard InChI is InChI=1S/C7H3ClF3/c8-6-4-2-1-3-5(6)7(9,10)11/h1,3-4H. The second-order valence-corrected chi connectivity index (χ2v) is 2.31. The van der Waals surface area contributed by atoms with Gasteiger partial charge in [-0.15, -0.1) is 0 Å². The van der Waals surface area contributed by atoms with Crippen molar-refractivity contribution in [1.82, 2.24) is 0 Å². The molecule has 0 heterocycles. The summed E-state index contributed by atoms with van der Waals surface area (Å²) in [5, 5.41) is -0.319. The van der Waals surface area contributed by atoms with Gasteiger partial charge in [0.15, 0.2) is 0 Å². The van der Waals surface area contributed by atoms with Crippen LogP contribution in [-0.2, 0) is 6.18 Å². The van der Waals surface area contributed by atoms with Crippen LogP contribution >= 0.6 is 11.6 Å². The molecule has 0 N–H and O–H groups in total. The van der Waals surface area contributed by atoms with Crippen molar-refractivity contribution >= 4 is 11.6 Å². The maximum atomic E-state index is 12.0. The van der Waals surface area contributed by atoms with Crippen LogP contribution in [0.3, 0.4) is 0 Å². The van der Waals surface area contributed by atoms with E-state index < -0.39 is 11.7 Å². The Morgan fingerprint density at radius 3 is 2.36 bits per heavy atom. The molecule has 0 atom stereocenters. The van der Waals surface area contributed by atoms with Crippen molar-refractivity contribution in [3.8, 4) is 0 Å². The van der Waals surface area contributed by atoms with E-state index in [-0.39, 0.29) is 5.02 Å². The van der Waals surface area contributed by atoms with E-state index in [2.05, 4.69) is 6.07 Å². The highest BCUT2D eigenvalue weighted by Crippen LogP contribution is 2.33. The van der Waals surface area contributed by atoms with Crippen molar-refractivity contribution in [3.63, 3.8) is 0 Å². The molecule has 0 saturated carbocycles. The molecule has 0 bridgehead atoms. The topological polar surface area (TPSA) is 0 Å². The zero-order chi connectivity index (χ0) is 8.48. The van der Waals surface area contributed by atoms with Crippen LogP contribution in [0.25, 0.3) is 0 Å². The van der Waals surface area contributed by atoms with Gasteiger partial charge in [-0.3, -0.25) is 0 Å². The van der Waals surface area contributed by atoms with Gasteiger partial charge < -0.3 is 0 Å². The minimum absolute atomic E-state index is 0.319. The Kier molecular flexibility index (Phi) is 2.09. The number of hydrogen-bond acceptors (Lipinski definition) is 0. The molecule has 0 aromatic heterocycles. The first kappa shape index (κ1) is 8.40. The number of benzene rings is 1. The zero-order valence-corrected chi connectivity index (χ0v) is 6.00. The molecule has 0 fully saturated rings. The van der Waals surface area contributed by atoms with E-state index >= 15 is 0 Å². The van der Waals surface area contributed by atoms with Crippen molar-refractivity contribution in [1.29, 1.82) is 0 Å². The summed E-state index contributed by atoms with van der Waals surface area (Å²) in [6.45, 7) is 0. The molecule has 1 aromatic carbocycles. The van der Waals surface area contributed by atoms with E-state index in [0.717, 1.165) is 12.1 Å². The lowest BCUT2D eigenvalue weighted by Crippen LogP contribution is -2.04. The predicted molar refractivity (Wildman–Crippen MR) is 35.3 cm³/mol. The van der Waals surface area contributed by atoms with Crippen LogP contribution in [0, 0.1) is 6.07 Å². The van der Waals surface area contributed by atoms with Crippen LogP contribution < -0.4 is 0 Å². The third-order valence-corrected chi connectivity index (χ3v) is 1.43. The van der Waals surface area contributed by atoms with Gasteiger partial charge in [-0.05, 0) is 18.2 Å². The van der Waals surface area contributed by atoms with Gasteiger partial charge in [0.2, 0.25) is 0 Å². The lowest BCUT2D eigenvalue weighted by Gasteiger charge is -2.06. The molecular weight excluding hydrogens is 177 g/mol. The SMILES string of the molecule is FC(F)(F)c1cc[c]cc1Cl. The Balaban J connectivity index is 3.14. The Morgan fingerprint density at radius 1 is 1.36 bits per heavy atom. The first-order valence-corrected chi connectivity index (χ1v) is 3.12. The zero-order valence-electron chi connectivity index (χ0n) is 5.24. The monoisotopic (exact) mass is 179 g/mol. The Labute approximate surface area is 66.6 Å². The van der Waals surface area contributed by atoms with Crippen molar-refractivity contribution in [2.75, 3.05) is 0 Å². The van der Waals surface area contributed by atoms with Gasteiger partial charge in [0, 0.05) is 0 Å². The first-order valence-electron chi connectivity index (χ1n) is 2.74. The molecule has 0 aliphatic rings. The smallest absolute Gasteiger partial charge is 0.166 e. The molecule has 59 valence electrons. The van der Waals surface area contributed by atoms with E-state index in [1.54, 1.807) is 0 Å². The maximum Gasteiger partial charge on any atom is 0.417 e. The Hall–Kier alpha value is -0.700. The minimum atomic E-state index is -4.37. The van der Waals surface area contributed by atoms with Gasteiger partial charge in [-0.2, -0.15) is 13.2 Å². The highest BCUT2D eigenvalue weighted by Gasteiger charge is 2.32. The fourth-order valence-electron chi connectivity index (χ4n) is 0.640. The maximum absolute atomic E-state index is 12.0. The summed E-state index contributed by atoms with van der Waals surface area (Å²) in [6.07, 6.45) is -4.37. The van der Waals surface area contributed by atoms with E-state index in [9.17, 15) is 13.2 Å². The summed E-state index contributed by atoms with van der Waals surface area (Å²) in [5.41, 5.74) is -0.821. The van der Waals surface area contributed by atoms with Crippen LogP contribution in [0.2, 0.25) is 5.02 Å². The highest BCUT2D eigenvalue weighted by molar-refractivity contribution is 6.31. The van der Waals surface area contributed by atoms with Crippen molar-refractivity contribution in [2.45, 2.75) is 6.18 Å².